The first kappa shape index (κ1) is 18.2. The number of pyridine rings is 1. The van der Waals surface area contributed by atoms with E-state index in [4.69, 9.17) is 23.2 Å². The average Bonchev–Trinajstić information content (AvgIpc) is 2.62. The first-order valence-corrected chi connectivity index (χ1v) is 8.32. The average molecular weight is 393 g/mol. The number of amides is 1. The standard InChI is InChI=1S/C17H14Cl2N4O3/c1-22(8-9-3-4-12(18)13(19)5-9)16(25)10-6-11-14(20-7-10)23(2)17(26)21-15(11)24/h3-7H,8H2,1-2H3,(H,21,24,26). The summed E-state index contributed by atoms with van der Waals surface area (Å²) in [7, 11) is 3.12. The fourth-order valence-corrected chi connectivity index (χ4v) is 2.88. The molecule has 0 aliphatic carbocycles. The number of carbonyl (C=O) groups is 1. The summed E-state index contributed by atoms with van der Waals surface area (Å²) >= 11 is 11.9. The Morgan fingerprint density at radius 3 is 2.65 bits per heavy atom. The van der Waals surface area contributed by atoms with Crippen LogP contribution in [0, 0.1) is 0 Å². The third-order valence-electron chi connectivity index (χ3n) is 3.95. The Labute approximate surface area is 157 Å². The maximum atomic E-state index is 12.7. The van der Waals surface area contributed by atoms with Crippen molar-refractivity contribution in [3.63, 3.8) is 0 Å². The van der Waals surface area contributed by atoms with Crippen LogP contribution in [0.3, 0.4) is 0 Å². The first-order chi connectivity index (χ1) is 12.3. The molecule has 0 bridgehead atoms. The molecular weight excluding hydrogens is 379 g/mol. The largest absolute Gasteiger partial charge is 0.337 e. The Hall–Kier alpha value is -2.64. The van der Waals surface area contributed by atoms with Crippen LogP contribution in [0.1, 0.15) is 15.9 Å². The summed E-state index contributed by atoms with van der Waals surface area (Å²) in [5.41, 5.74) is 0.110. The molecule has 0 aliphatic heterocycles. The van der Waals surface area contributed by atoms with Gasteiger partial charge in [-0.3, -0.25) is 19.1 Å². The number of H-pyrrole nitrogens is 1. The fourth-order valence-electron chi connectivity index (χ4n) is 2.56. The van der Waals surface area contributed by atoms with Gasteiger partial charge >= 0.3 is 5.69 Å². The van der Waals surface area contributed by atoms with Crippen molar-refractivity contribution in [3.05, 3.63) is 72.5 Å². The number of aromatic nitrogens is 3. The smallest absolute Gasteiger partial charge is 0.329 e. The molecule has 9 heteroatoms. The lowest BCUT2D eigenvalue weighted by Crippen LogP contribution is -2.30. The molecule has 0 saturated heterocycles. The zero-order chi connectivity index (χ0) is 19.0. The summed E-state index contributed by atoms with van der Waals surface area (Å²) in [5.74, 6) is -0.321. The van der Waals surface area contributed by atoms with Gasteiger partial charge in [0.1, 0.15) is 5.65 Å². The van der Waals surface area contributed by atoms with Gasteiger partial charge in [0.15, 0.2) is 0 Å². The van der Waals surface area contributed by atoms with Crippen LogP contribution in [0.25, 0.3) is 11.0 Å². The fraction of sp³-hybridized carbons (Fsp3) is 0.176. The quantitative estimate of drug-likeness (QED) is 0.739. The van der Waals surface area contributed by atoms with Gasteiger partial charge in [-0.2, -0.15) is 0 Å². The lowest BCUT2D eigenvalue weighted by Gasteiger charge is -2.18. The second-order valence-electron chi connectivity index (χ2n) is 5.82. The second kappa shape index (κ2) is 6.93. The van der Waals surface area contributed by atoms with Crippen LogP contribution >= 0.6 is 23.2 Å². The van der Waals surface area contributed by atoms with Crippen LogP contribution in [-0.2, 0) is 13.6 Å². The van der Waals surface area contributed by atoms with Crippen molar-refractivity contribution in [1.29, 1.82) is 0 Å². The van der Waals surface area contributed by atoms with E-state index in [0.717, 1.165) is 5.56 Å². The highest BCUT2D eigenvalue weighted by Crippen LogP contribution is 2.23. The molecule has 0 saturated carbocycles. The van der Waals surface area contributed by atoms with E-state index in [0.29, 0.717) is 16.6 Å². The molecule has 2 aromatic heterocycles. The summed E-state index contributed by atoms with van der Waals surface area (Å²) < 4.78 is 1.21. The zero-order valence-corrected chi connectivity index (χ0v) is 15.4. The van der Waals surface area contributed by atoms with Crippen LogP contribution < -0.4 is 11.2 Å². The number of hydrogen-bond donors (Lipinski definition) is 1. The molecule has 26 heavy (non-hydrogen) atoms. The van der Waals surface area contributed by atoms with Crippen molar-refractivity contribution < 1.29 is 4.79 Å². The maximum absolute atomic E-state index is 12.7. The van der Waals surface area contributed by atoms with E-state index in [1.54, 1.807) is 25.2 Å². The third kappa shape index (κ3) is 3.36. The van der Waals surface area contributed by atoms with Crippen molar-refractivity contribution >= 4 is 40.1 Å². The summed E-state index contributed by atoms with van der Waals surface area (Å²) in [4.78, 5) is 44.0. The number of hydrogen-bond acceptors (Lipinski definition) is 4. The molecule has 7 nitrogen and oxygen atoms in total. The molecule has 134 valence electrons. The minimum atomic E-state index is -0.586. The van der Waals surface area contributed by atoms with E-state index in [9.17, 15) is 14.4 Å². The van der Waals surface area contributed by atoms with Crippen LogP contribution in [0.4, 0.5) is 0 Å². The lowest BCUT2D eigenvalue weighted by atomic mass is 10.1. The van der Waals surface area contributed by atoms with Crippen LogP contribution in [0.5, 0.6) is 0 Å². The topological polar surface area (TPSA) is 88.1 Å². The van der Waals surface area contributed by atoms with E-state index in [1.165, 1.54) is 28.8 Å². The molecule has 0 fully saturated rings. The summed E-state index contributed by atoms with van der Waals surface area (Å²) in [6, 6.07) is 6.55. The molecule has 0 atom stereocenters. The van der Waals surface area contributed by atoms with Gasteiger partial charge in [0.2, 0.25) is 0 Å². The molecule has 0 spiro atoms. The number of nitrogens with zero attached hydrogens (tertiary/aromatic N) is 3. The minimum absolute atomic E-state index is 0.167. The van der Waals surface area contributed by atoms with Crippen molar-refractivity contribution in [1.82, 2.24) is 19.4 Å². The molecule has 0 aliphatic rings. The van der Waals surface area contributed by atoms with E-state index in [-0.39, 0.29) is 22.5 Å². The van der Waals surface area contributed by atoms with Gasteiger partial charge in [-0.25, -0.2) is 9.78 Å². The molecule has 1 amide bonds. The second-order valence-corrected chi connectivity index (χ2v) is 6.64. The number of aryl methyl sites for hydroxylation is 1. The normalized spacial score (nSPS) is 10.9. The molecule has 1 N–H and O–H groups in total. The predicted molar refractivity (Wildman–Crippen MR) is 99.9 cm³/mol. The maximum Gasteiger partial charge on any atom is 0.329 e. The van der Waals surface area contributed by atoms with Crippen LogP contribution in [-0.4, -0.2) is 32.4 Å². The highest BCUT2D eigenvalue weighted by Gasteiger charge is 2.16. The Kier molecular flexibility index (Phi) is 4.84. The Bertz CT molecular complexity index is 1140. The summed E-state index contributed by atoms with van der Waals surface area (Å²) in [5, 5.41) is 1.01. The summed E-state index contributed by atoms with van der Waals surface area (Å²) in [6.45, 7) is 0.303. The van der Waals surface area contributed by atoms with E-state index >= 15 is 0 Å². The first-order valence-electron chi connectivity index (χ1n) is 7.56. The molecule has 2 heterocycles. The molecule has 0 radical (unpaired) electrons. The zero-order valence-electron chi connectivity index (χ0n) is 13.9. The van der Waals surface area contributed by atoms with Crippen LogP contribution in [0.2, 0.25) is 10.0 Å². The van der Waals surface area contributed by atoms with Gasteiger partial charge in [-0.1, -0.05) is 29.3 Å². The number of nitrogens with one attached hydrogen (secondary N) is 1. The van der Waals surface area contributed by atoms with Gasteiger partial charge < -0.3 is 4.90 Å². The third-order valence-corrected chi connectivity index (χ3v) is 4.69. The highest BCUT2D eigenvalue weighted by atomic mass is 35.5. The van der Waals surface area contributed by atoms with Gasteiger partial charge in [-0.05, 0) is 23.8 Å². The van der Waals surface area contributed by atoms with Gasteiger partial charge in [0, 0.05) is 26.8 Å². The number of benzene rings is 1. The Morgan fingerprint density at radius 1 is 1.23 bits per heavy atom. The minimum Gasteiger partial charge on any atom is -0.337 e. The number of rotatable bonds is 3. The SMILES string of the molecule is CN(Cc1ccc(Cl)c(Cl)c1)C(=O)c1cnc2c(c1)c(=O)[nH]c(=O)n2C. The molecular formula is C17H14Cl2N4O3. The molecule has 3 rings (SSSR count). The Morgan fingerprint density at radius 2 is 1.96 bits per heavy atom. The van der Waals surface area contributed by atoms with Crippen LogP contribution in [0.15, 0.2) is 40.1 Å². The van der Waals surface area contributed by atoms with Crippen molar-refractivity contribution in [2.45, 2.75) is 6.54 Å². The number of aromatic amines is 1. The van der Waals surface area contributed by atoms with E-state index < -0.39 is 11.2 Å². The number of halogens is 2. The monoisotopic (exact) mass is 392 g/mol. The van der Waals surface area contributed by atoms with Crippen molar-refractivity contribution in [2.75, 3.05) is 7.05 Å². The highest BCUT2D eigenvalue weighted by molar-refractivity contribution is 6.42. The number of fused-ring (bicyclic) bond motifs is 1. The van der Waals surface area contributed by atoms with Crippen molar-refractivity contribution in [2.24, 2.45) is 7.05 Å². The number of carbonyl (C=O) groups excluding carboxylic acids is 1. The van der Waals surface area contributed by atoms with Gasteiger partial charge in [0.25, 0.3) is 11.5 Å². The summed E-state index contributed by atoms with van der Waals surface area (Å²) in [6.07, 6.45) is 1.34. The van der Waals surface area contributed by atoms with Crippen molar-refractivity contribution in [3.8, 4) is 0 Å². The molecule has 0 unspecified atom stereocenters. The van der Waals surface area contributed by atoms with E-state index in [1.807, 2.05) is 0 Å². The Balaban J connectivity index is 1.92. The predicted octanol–water partition coefficient (Wildman–Crippen LogP) is 2.20. The van der Waals surface area contributed by atoms with E-state index in [2.05, 4.69) is 9.97 Å². The van der Waals surface area contributed by atoms with Gasteiger partial charge in [-0.15, -0.1) is 0 Å². The lowest BCUT2D eigenvalue weighted by molar-refractivity contribution is 0.0785. The molecule has 3 aromatic rings. The molecule has 1 aromatic carbocycles. The van der Waals surface area contributed by atoms with Gasteiger partial charge in [0.05, 0.1) is 21.0 Å².